The quantitative estimate of drug-likeness (QED) is 0.697. The molecule has 132 valence electrons. The molecular formula is C19H22N2O3S. The fraction of sp³-hybridized carbons (Fsp3) is 0.368. The third kappa shape index (κ3) is 6.58. The lowest BCUT2D eigenvalue weighted by Crippen LogP contribution is -2.23. The molecule has 0 atom stereocenters. The minimum atomic E-state index is -0.183. The van der Waals surface area contributed by atoms with Crippen molar-refractivity contribution < 1.29 is 14.4 Å². The van der Waals surface area contributed by atoms with Gasteiger partial charge in [0.2, 0.25) is 5.91 Å². The van der Waals surface area contributed by atoms with Crippen LogP contribution in [0.3, 0.4) is 0 Å². The molecule has 5 nitrogen and oxygen atoms in total. The van der Waals surface area contributed by atoms with Crippen molar-refractivity contribution in [3.8, 4) is 0 Å². The van der Waals surface area contributed by atoms with Crippen molar-refractivity contribution in [3.63, 3.8) is 0 Å². The summed E-state index contributed by atoms with van der Waals surface area (Å²) in [7, 11) is 0. The van der Waals surface area contributed by atoms with E-state index in [1.54, 1.807) is 6.07 Å². The van der Waals surface area contributed by atoms with E-state index in [1.807, 2.05) is 38.1 Å². The van der Waals surface area contributed by atoms with Gasteiger partial charge in [0, 0.05) is 36.3 Å². The largest absolute Gasteiger partial charge is 0.350 e. The molecule has 0 aliphatic carbocycles. The number of Topliss-reactive ketones (excluding diaryl/α,β-unsaturated/α-hetero) is 2. The van der Waals surface area contributed by atoms with Crippen LogP contribution < -0.4 is 5.32 Å². The van der Waals surface area contributed by atoms with Crippen molar-refractivity contribution in [2.45, 2.75) is 46.1 Å². The van der Waals surface area contributed by atoms with Gasteiger partial charge in [-0.25, -0.2) is 0 Å². The standard InChI is InChI=1S/C19H22N2O3S/c1-13-4-3-5-15(21-13)12-20-19(24)11-8-16(22)7-9-17(23)18-10-6-14(2)25-18/h3-6,10H,7-9,11-12H2,1-2H3,(H,20,24). The Hall–Kier alpha value is -2.34. The van der Waals surface area contributed by atoms with E-state index < -0.39 is 0 Å². The van der Waals surface area contributed by atoms with Crippen molar-refractivity contribution in [2.75, 3.05) is 0 Å². The molecule has 0 aliphatic heterocycles. The van der Waals surface area contributed by atoms with Gasteiger partial charge in [0.15, 0.2) is 5.78 Å². The van der Waals surface area contributed by atoms with E-state index in [-0.39, 0.29) is 43.2 Å². The number of carbonyl (C=O) groups is 3. The number of pyridine rings is 1. The molecule has 0 aromatic carbocycles. The van der Waals surface area contributed by atoms with Gasteiger partial charge >= 0.3 is 0 Å². The summed E-state index contributed by atoms with van der Waals surface area (Å²) in [5.41, 5.74) is 1.68. The maximum atomic E-state index is 12.0. The predicted octanol–water partition coefficient (Wildman–Crippen LogP) is 3.39. The normalized spacial score (nSPS) is 10.5. The van der Waals surface area contributed by atoms with Crippen molar-refractivity contribution in [1.29, 1.82) is 0 Å². The zero-order valence-electron chi connectivity index (χ0n) is 14.5. The molecule has 0 bridgehead atoms. The summed E-state index contributed by atoms with van der Waals surface area (Å²) in [5, 5.41) is 2.76. The van der Waals surface area contributed by atoms with Gasteiger partial charge in [-0.15, -0.1) is 11.3 Å². The highest BCUT2D eigenvalue weighted by molar-refractivity contribution is 7.14. The number of aromatic nitrogens is 1. The molecule has 6 heteroatoms. The maximum Gasteiger partial charge on any atom is 0.220 e. The van der Waals surface area contributed by atoms with Crippen molar-refractivity contribution >= 4 is 28.8 Å². The Morgan fingerprint density at radius 1 is 1.00 bits per heavy atom. The third-order valence-corrected chi connectivity index (χ3v) is 4.73. The van der Waals surface area contributed by atoms with Crippen molar-refractivity contribution in [2.24, 2.45) is 0 Å². The first kappa shape index (κ1) is 19.0. The molecule has 0 radical (unpaired) electrons. The smallest absolute Gasteiger partial charge is 0.220 e. The van der Waals surface area contributed by atoms with E-state index in [9.17, 15) is 14.4 Å². The molecular weight excluding hydrogens is 336 g/mol. The molecule has 25 heavy (non-hydrogen) atoms. The lowest BCUT2D eigenvalue weighted by Gasteiger charge is -2.05. The van der Waals surface area contributed by atoms with Crippen LogP contribution in [0.15, 0.2) is 30.3 Å². The average molecular weight is 358 g/mol. The number of amides is 1. The monoisotopic (exact) mass is 358 g/mol. The Balaban J connectivity index is 1.65. The summed E-state index contributed by atoms with van der Waals surface area (Å²) in [6.45, 7) is 4.19. The van der Waals surface area contributed by atoms with Gasteiger partial charge in [-0.3, -0.25) is 19.4 Å². The number of nitrogens with one attached hydrogen (secondary N) is 1. The van der Waals surface area contributed by atoms with Gasteiger partial charge in [0.05, 0.1) is 17.1 Å². The SMILES string of the molecule is Cc1cccc(CNC(=O)CCC(=O)CCC(=O)c2ccc(C)s2)n1. The van der Waals surface area contributed by atoms with Gasteiger partial charge in [0.25, 0.3) is 0 Å². The highest BCUT2D eigenvalue weighted by atomic mass is 32.1. The topological polar surface area (TPSA) is 76.1 Å². The molecule has 0 saturated heterocycles. The van der Waals surface area contributed by atoms with E-state index >= 15 is 0 Å². The number of carbonyl (C=O) groups excluding carboxylic acids is 3. The summed E-state index contributed by atoms with van der Waals surface area (Å²) in [6, 6.07) is 9.31. The van der Waals surface area contributed by atoms with Crippen LogP contribution in [0.1, 0.15) is 51.6 Å². The number of ketones is 2. The van der Waals surface area contributed by atoms with E-state index in [0.717, 1.165) is 16.3 Å². The Kier molecular flexibility index (Phi) is 7.01. The minimum absolute atomic E-state index is 0.0126. The first-order valence-electron chi connectivity index (χ1n) is 8.24. The van der Waals surface area contributed by atoms with Crippen LogP contribution in [0.25, 0.3) is 0 Å². The lowest BCUT2D eigenvalue weighted by atomic mass is 10.1. The number of nitrogens with zero attached hydrogens (tertiary/aromatic N) is 1. The van der Waals surface area contributed by atoms with Crippen molar-refractivity contribution in [3.05, 3.63) is 51.5 Å². The second kappa shape index (κ2) is 9.22. The van der Waals surface area contributed by atoms with E-state index in [4.69, 9.17) is 0 Å². The van der Waals surface area contributed by atoms with Crippen molar-refractivity contribution in [1.82, 2.24) is 10.3 Å². The van der Waals surface area contributed by atoms with Gasteiger partial charge in [-0.05, 0) is 38.1 Å². The molecule has 0 unspecified atom stereocenters. The number of thiophene rings is 1. The number of hydrogen-bond acceptors (Lipinski definition) is 5. The molecule has 0 aliphatic rings. The predicted molar refractivity (Wildman–Crippen MR) is 97.7 cm³/mol. The first-order chi connectivity index (χ1) is 11.9. The van der Waals surface area contributed by atoms with Crippen LogP contribution in [-0.4, -0.2) is 22.5 Å². The Morgan fingerprint density at radius 2 is 1.76 bits per heavy atom. The van der Waals surface area contributed by atoms with Crippen LogP contribution in [0.4, 0.5) is 0 Å². The summed E-state index contributed by atoms with van der Waals surface area (Å²) in [4.78, 5) is 41.7. The van der Waals surface area contributed by atoms with Crippen LogP contribution in [0, 0.1) is 13.8 Å². The zero-order chi connectivity index (χ0) is 18.2. The Morgan fingerprint density at radius 3 is 2.44 bits per heavy atom. The van der Waals surface area contributed by atoms with Gasteiger partial charge < -0.3 is 5.32 Å². The van der Waals surface area contributed by atoms with E-state index in [2.05, 4.69) is 10.3 Å². The van der Waals surface area contributed by atoms with Gasteiger partial charge in [0.1, 0.15) is 5.78 Å². The summed E-state index contributed by atoms with van der Waals surface area (Å²) < 4.78 is 0. The highest BCUT2D eigenvalue weighted by Crippen LogP contribution is 2.17. The van der Waals surface area contributed by atoms with Gasteiger partial charge in [-0.2, -0.15) is 0 Å². The van der Waals surface area contributed by atoms with E-state index in [1.165, 1.54) is 11.3 Å². The van der Waals surface area contributed by atoms with Crippen LogP contribution >= 0.6 is 11.3 Å². The molecule has 1 amide bonds. The Bertz CT molecular complexity index is 768. The van der Waals surface area contributed by atoms with Crippen LogP contribution in [0.5, 0.6) is 0 Å². The minimum Gasteiger partial charge on any atom is -0.350 e. The van der Waals surface area contributed by atoms with Crippen LogP contribution in [-0.2, 0) is 16.1 Å². The molecule has 2 aromatic rings. The second-order valence-corrected chi connectivity index (χ2v) is 7.21. The lowest BCUT2D eigenvalue weighted by molar-refractivity contribution is -0.125. The van der Waals surface area contributed by atoms with Crippen LogP contribution in [0.2, 0.25) is 0 Å². The van der Waals surface area contributed by atoms with E-state index in [0.29, 0.717) is 11.4 Å². The molecule has 2 aromatic heterocycles. The summed E-state index contributed by atoms with van der Waals surface area (Å²) >= 11 is 1.44. The number of rotatable bonds is 9. The molecule has 2 heterocycles. The maximum absolute atomic E-state index is 12.0. The number of aryl methyl sites for hydroxylation is 2. The third-order valence-electron chi connectivity index (χ3n) is 3.69. The molecule has 0 spiro atoms. The number of hydrogen-bond donors (Lipinski definition) is 1. The van der Waals surface area contributed by atoms with Gasteiger partial charge in [-0.1, -0.05) is 6.07 Å². The summed E-state index contributed by atoms with van der Waals surface area (Å²) in [5.74, 6) is -0.260. The Labute approximate surface area is 151 Å². The first-order valence-corrected chi connectivity index (χ1v) is 9.06. The molecule has 0 saturated carbocycles. The molecule has 1 N–H and O–H groups in total. The fourth-order valence-corrected chi connectivity index (χ4v) is 3.15. The molecule has 2 rings (SSSR count). The zero-order valence-corrected chi connectivity index (χ0v) is 15.3. The molecule has 0 fully saturated rings. The summed E-state index contributed by atoms with van der Waals surface area (Å²) in [6.07, 6.45) is 0.677. The fourth-order valence-electron chi connectivity index (χ4n) is 2.31. The average Bonchev–Trinajstić information content (AvgIpc) is 3.02. The highest BCUT2D eigenvalue weighted by Gasteiger charge is 2.12. The second-order valence-electron chi connectivity index (χ2n) is 5.92.